The number of fused-ring (bicyclic) bond motifs is 1. The van der Waals surface area contributed by atoms with Crippen LogP contribution in [-0.4, -0.2) is 27.2 Å². The number of nitrogens with one attached hydrogen (secondary N) is 2. The molecule has 98 valence electrons. The number of aliphatic hydroxyl groups is 1. The number of aryl methyl sites for hydroxylation is 1. The quantitative estimate of drug-likeness (QED) is 0.495. The molecule has 0 aliphatic heterocycles. The van der Waals surface area contributed by atoms with Crippen molar-refractivity contribution < 1.29 is 5.11 Å². The van der Waals surface area contributed by atoms with Crippen molar-refractivity contribution in [2.45, 2.75) is 26.3 Å². The lowest BCUT2D eigenvalue weighted by Gasteiger charge is -2.24. The van der Waals surface area contributed by atoms with E-state index in [2.05, 4.69) is 20.7 Å². The molecule has 0 aliphatic rings. The smallest absolute Gasteiger partial charge is 0.240 e. The van der Waals surface area contributed by atoms with Gasteiger partial charge in [-0.25, -0.2) is 10.8 Å². The maximum atomic E-state index is 9.32. The fourth-order valence-corrected chi connectivity index (χ4v) is 2.44. The van der Waals surface area contributed by atoms with Gasteiger partial charge in [0.05, 0.1) is 17.5 Å². The van der Waals surface area contributed by atoms with E-state index < -0.39 is 5.54 Å². The van der Waals surface area contributed by atoms with Gasteiger partial charge >= 0.3 is 0 Å². The lowest BCUT2D eigenvalue weighted by Crippen LogP contribution is -2.35. The summed E-state index contributed by atoms with van der Waals surface area (Å²) in [4.78, 5) is 10.6. The van der Waals surface area contributed by atoms with Gasteiger partial charge in [-0.05, 0) is 26.8 Å². The maximum absolute atomic E-state index is 9.32. The number of hydrogen-bond acceptors (Lipinski definition) is 7. The molecule has 0 bridgehead atoms. The number of hydrogen-bond donors (Lipinski definition) is 4. The van der Waals surface area contributed by atoms with E-state index in [0.717, 1.165) is 15.1 Å². The van der Waals surface area contributed by atoms with Gasteiger partial charge in [0.15, 0.2) is 0 Å². The normalized spacial score (nSPS) is 11.8. The van der Waals surface area contributed by atoms with Gasteiger partial charge in [0, 0.05) is 4.88 Å². The Labute approximate surface area is 109 Å². The second-order valence-corrected chi connectivity index (χ2v) is 6.02. The molecular formula is C11H17N5OS. The molecule has 2 rings (SSSR count). The van der Waals surface area contributed by atoms with Crippen molar-refractivity contribution in [1.82, 2.24) is 9.97 Å². The fourth-order valence-electron chi connectivity index (χ4n) is 1.56. The number of hydrazine groups is 1. The van der Waals surface area contributed by atoms with Crippen LogP contribution in [0.3, 0.4) is 0 Å². The van der Waals surface area contributed by atoms with Crippen molar-refractivity contribution in [3.8, 4) is 0 Å². The van der Waals surface area contributed by atoms with Crippen molar-refractivity contribution in [2.24, 2.45) is 5.84 Å². The number of nitrogen functional groups attached to an aromatic ring is 1. The van der Waals surface area contributed by atoms with Gasteiger partial charge in [0.2, 0.25) is 5.95 Å². The molecule has 0 aromatic carbocycles. The Hall–Kier alpha value is -1.44. The number of thiophene rings is 1. The summed E-state index contributed by atoms with van der Waals surface area (Å²) in [5, 5.41) is 13.5. The van der Waals surface area contributed by atoms with Gasteiger partial charge in [-0.2, -0.15) is 4.98 Å². The third-order valence-corrected chi connectivity index (χ3v) is 3.44. The third kappa shape index (κ3) is 2.53. The van der Waals surface area contributed by atoms with Crippen LogP contribution in [0.2, 0.25) is 0 Å². The van der Waals surface area contributed by atoms with E-state index in [1.807, 2.05) is 26.8 Å². The van der Waals surface area contributed by atoms with Gasteiger partial charge < -0.3 is 10.4 Å². The zero-order valence-corrected chi connectivity index (χ0v) is 11.4. The first-order valence-corrected chi connectivity index (χ1v) is 6.40. The van der Waals surface area contributed by atoms with E-state index in [-0.39, 0.29) is 6.61 Å². The SMILES string of the molecule is Cc1cc2c(NC(C)(C)CO)nc(NN)nc2s1. The topological polar surface area (TPSA) is 96.1 Å². The number of nitrogens with zero attached hydrogens (tertiary/aromatic N) is 2. The molecule has 6 nitrogen and oxygen atoms in total. The van der Waals surface area contributed by atoms with Gasteiger partial charge in [-0.15, -0.1) is 11.3 Å². The first-order chi connectivity index (χ1) is 8.45. The largest absolute Gasteiger partial charge is 0.394 e. The number of anilines is 2. The number of aromatic nitrogens is 2. The van der Waals surface area contributed by atoms with Crippen LogP contribution in [0.4, 0.5) is 11.8 Å². The lowest BCUT2D eigenvalue weighted by molar-refractivity contribution is 0.234. The second kappa shape index (κ2) is 4.68. The number of aliphatic hydroxyl groups excluding tert-OH is 1. The molecule has 0 spiro atoms. The van der Waals surface area contributed by atoms with Crippen LogP contribution in [0.5, 0.6) is 0 Å². The standard InChI is InChI=1S/C11H17N5OS/c1-6-4-7-8(15-11(2,3)5-17)13-10(16-12)14-9(7)18-6/h4,17H,5,12H2,1-3H3,(H2,13,14,15,16). The van der Waals surface area contributed by atoms with E-state index in [0.29, 0.717) is 11.8 Å². The average Bonchev–Trinajstić information content (AvgIpc) is 2.69. The minimum absolute atomic E-state index is 0.00695. The zero-order chi connectivity index (χ0) is 13.3. The molecule has 2 aromatic rings. The van der Waals surface area contributed by atoms with Crippen LogP contribution in [0.1, 0.15) is 18.7 Å². The van der Waals surface area contributed by atoms with Crippen molar-refractivity contribution >= 4 is 33.3 Å². The van der Waals surface area contributed by atoms with E-state index in [9.17, 15) is 5.11 Å². The highest BCUT2D eigenvalue weighted by Gasteiger charge is 2.19. The van der Waals surface area contributed by atoms with Gasteiger partial charge in [0.1, 0.15) is 10.6 Å². The molecule has 0 saturated heterocycles. The molecule has 0 unspecified atom stereocenters. The third-order valence-electron chi connectivity index (χ3n) is 2.50. The highest BCUT2D eigenvalue weighted by molar-refractivity contribution is 7.18. The van der Waals surface area contributed by atoms with Crippen LogP contribution in [0.25, 0.3) is 10.2 Å². The van der Waals surface area contributed by atoms with Crippen molar-refractivity contribution in [2.75, 3.05) is 17.3 Å². The molecule has 0 aliphatic carbocycles. The van der Waals surface area contributed by atoms with Crippen molar-refractivity contribution in [3.63, 3.8) is 0 Å². The Morgan fingerprint density at radius 2 is 2.17 bits per heavy atom. The molecule has 0 radical (unpaired) electrons. The summed E-state index contributed by atoms with van der Waals surface area (Å²) in [7, 11) is 0. The van der Waals surface area contributed by atoms with Crippen LogP contribution < -0.4 is 16.6 Å². The van der Waals surface area contributed by atoms with Crippen molar-refractivity contribution in [3.05, 3.63) is 10.9 Å². The molecule has 5 N–H and O–H groups in total. The Morgan fingerprint density at radius 1 is 1.44 bits per heavy atom. The molecule has 2 heterocycles. The van der Waals surface area contributed by atoms with Crippen molar-refractivity contribution in [1.29, 1.82) is 0 Å². The monoisotopic (exact) mass is 267 g/mol. The van der Waals surface area contributed by atoms with Gasteiger partial charge in [-0.3, -0.25) is 5.43 Å². The van der Waals surface area contributed by atoms with Crippen LogP contribution in [0.15, 0.2) is 6.07 Å². The summed E-state index contributed by atoms with van der Waals surface area (Å²) in [6.07, 6.45) is 0. The highest BCUT2D eigenvalue weighted by atomic mass is 32.1. The van der Waals surface area contributed by atoms with Gasteiger partial charge in [0.25, 0.3) is 0 Å². The predicted octanol–water partition coefficient (Wildman–Crippen LogP) is 1.47. The maximum Gasteiger partial charge on any atom is 0.240 e. The molecule has 18 heavy (non-hydrogen) atoms. The summed E-state index contributed by atoms with van der Waals surface area (Å²) >= 11 is 1.58. The zero-order valence-electron chi connectivity index (χ0n) is 10.6. The van der Waals surface area contributed by atoms with E-state index >= 15 is 0 Å². The van der Waals surface area contributed by atoms with E-state index in [1.165, 1.54) is 0 Å². The average molecular weight is 267 g/mol. The Kier molecular flexibility index (Phi) is 3.38. The molecule has 7 heteroatoms. The number of rotatable bonds is 4. The summed E-state index contributed by atoms with van der Waals surface area (Å²) in [5.74, 6) is 6.40. The molecule has 0 fully saturated rings. The first-order valence-electron chi connectivity index (χ1n) is 5.59. The summed E-state index contributed by atoms with van der Waals surface area (Å²) < 4.78 is 0. The van der Waals surface area contributed by atoms with Crippen LogP contribution >= 0.6 is 11.3 Å². The first kappa shape index (κ1) is 13.0. The Bertz CT molecular complexity index is 566. The van der Waals surface area contributed by atoms with E-state index in [4.69, 9.17) is 5.84 Å². The number of nitrogens with two attached hydrogens (primary N) is 1. The lowest BCUT2D eigenvalue weighted by atomic mass is 10.1. The van der Waals surface area contributed by atoms with E-state index in [1.54, 1.807) is 11.3 Å². The Morgan fingerprint density at radius 3 is 2.78 bits per heavy atom. The summed E-state index contributed by atoms with van der Waals surface area (Å²) in [5.41, 5.74) is 2.00. The minimum Gasteiger partial charge on any atom is -0.394 e. The van der Waals surface area contributed by atoms with Gasteiger partial charge in [-0.1, -0.05) is 0 Å². The Balaban J connectivity index is 2.53. The van der Waals surface area contributed by atoms with Crippen LogP contribution in [0, 0.1) is 6.92 Å². The molecule has 0 amide bonds. The summed E-state index contributed by atoms with van der Waals surface area (Å²) in [6, 6.07) is 2.02. The molecule has 0 saturated carbocycles. The minimum atomic E-state index is -0.455. The molecule has 2 aromatic heterocycles. The fraction of sp³-hybridized carbons (Fsp3) is 0.455. The second-order valence-electron chi connectivity index (χ2n) is 4.78. The summed E-state index contributed by atoms with van der Waals surface area (Å²) in [6.45, 7) is 5.82. The molecular weight excluding hydrogens is 250 g/mol. The molecule has 0 atom stereocenters. The predicted molar refractivity (Wildman–Crippen MR) is 74.7 cm³/mol. The highest BCUT2D eigenvalue weighted by Crippen LogP contribution is 2.30. The van der Waals surface area contributed by atoms with Crippen LogP contribution in [-0.2, 0) is 0 Å².